The Hall–Kier alpha value is -2.61. The molecular formula is C22H22O2. The molecule has 3 rings (SSSR count). The highest BCUT2D eigenvalue weighted by Gasteiger charge is 2.14. The van der Waals surface area contributed by atoms with Gasteiger partial charge in [0.25, 0.3) is 0 Å². The minimum atomic E-state index is -0.307. The third kappa shape index (κ3) is 3.18. The van der Waals surface area contributed by atoms with Gasteiger partial charge in [0.15, 0.2) is 0 Å². The fourth-order valence-electron chi connectivity index (χ4n) is 2.84. The van der Waals surface area contributed by atoms with E-state index < -0.39 is 0 Å². The Balaban J connectivity index is 2.04. The molecule has 0 fully saturated rings. The molecule has 0 atom stereocenters. The van der Waals surface area contributed by atoms with E-state index >= 15 is 0 Å². The first-order chi connectivity index (χ1) is 11.4. The van der Waals surface area contributed by atoms with E-state index in [2.05, 4.69) is 63.2 Å². The lowest BCUT2D eigenvalue weighted by Gasteiger charge is -2.20. The largest absolute Gasteiger partial charge is 0.465 e. The Bertz CT molecular complexity index is 901. The molecule has 0 saturated heterocycles. The van der Waals surface area contributed by atoms with Crippen LogP contribution in [0.25, 0.3) is 21.9 Å². The molecule has 0 N–H and O–H groups in total. The topological polar surface area (TPSA) is 26.3 Å². The van der Waals surface area contributed by atoms with E-state index in [1.165, 1.54) is 23.8 Å². The quantitative estimate of drug-likeness (QED) is 0.576. The first-order valence-corrected chi connectivity index (χ1v) is 8.11. The molecule has 3 aromatic rings. The van der Waals surface area contributed by atoms with Gasteiger partial charge in [-0.3, -0.25) is 0 Å². The van der Waals surface area contributed by atoms with Crippen LogP contribution in [0.1, 0.15) is 36.7 Å². The van der Waals surface area contributed by atoms with Crippen LogP contribution >= 0.6 is 0 Å². The average Bonchev–Trinajstić information content (AvgIpc) is 2.59. The number of ether oxygens (including phenoxy) is 1. The molecular weight excluding hydrogens is 296 g/mol. The van der Waals surface area contributed by atoms with Crippen molar-refractivity contribution in [2.75, 3.05) is 7.11 Å². The molecule has 0 aliphatic heterocycles. The molecule has 122 valence electrons. The molecule has 0 bridgehead atoms. The van der Waals surface area contributed by atoms with Crippen LogP contribution in [0.2, 0.25) is 0 Å². The molecule has 0 aliphatic carbocycles. The third-order valence-electron chi connectivity index (χ3n) is 4.32. The Morgan fingerprint density at radius 3 is 2.21 bits per heavy atom. The molecule has 3 aromatic carbocycles. The summed E-state index contributed by atoms with van der Waals surface area (Å²) in [5, 5.41) is 2.15. The normalized spacial score (nSPS) is 11.5. The number of carbonyl (C=O) groups is 1. The minimum absolute atomic E-state index is 0.127. The molecule has 0 amide bonds. The maximum atomic E-state index is 11.7. The Kier molecular flexibility index (Phi) is 4.15. The Labute approximate surface area is 143 Å². The van der Waals surface area contributed by atoms with E-state index in [1.54, 1.807) is 0 Å². The summed E-state index contributed by atoms with van der Waals surface area (Å²) in [5.74, 6) is -0.307. The molecule has 0 aromatic heterocycles. The second-order valence-electron chi connectivity index (χ2n) is 7.10. The number of methoxy groups -OCH3 is 1. The van der Waals surface area contributed by atoms with Crippen LogP contribution in [0.15, 0.2) is 60.7 Å². The number of fused-ring (bicyclic) bond motifs is 1. The van der Waals surface area contributed by atoms with Gasteiger partial charge in [0.1, 0.15) is 0 Å². The van der Waals surface area contributed by atoms with E-state index in [0.29, 0.717) is 5.56 Å². The van der Waals surface area contributed by atoms with Crippen LogP contribution in [0, 0.1) is 0 Å². The highest BCUT2D eigenvalue weighted by Crippen LogP contribution is 2.29. The molecule has 0 heterocycles. The van der Waals surface area contributed by atoms with Crippen molar-refractivity contribution in [2.45, 2.75) is 26.2 Å². The van der Waals surface area contributed by atoms with Gasteiger partial charge in [0.05, 0.1) is 12.7 Å². The number of esters is 1. The average molecular weight is 318 g/mol. The van der Waals surface area contributed by atoms with Crippen molar-refractivity contribution < 1.29 is 9.53 Å². The zero-order chi connectivity index (χ0) is 17.3. The summed E-state index contributed by atoms with van der Waals surface area (Å²) in [5.41, 5.74) is 4.41. The number of benzene rings is 3. The summed E-state index contributed by atoms with van der Waals surface area (Å²) in [7, 11) is 1.40. The fourth-order valence-corrected chi connectivity index (χ4v) is 2.84. The van der Waals surface area contributed by atoms with E-state index in [0.717, 1.165) is 10.8 Å². The van der Waals surface area contributed by atoms with Crippen LogP contribution in [-0.2, 0) is 10.2 Å². The van der Waals surface area contributed by atoms with Crippen molar-refractivity contribution in [1.82, 2.24) is 0 Å². The predicted octanol–water partition coefficient (Wildman–Crippen LogP) is 5.59. The van der Waals surface area contributed by atoms with E-state index in [-0.39, 0.29) is 11.4 Å². The molecule has 0 spiro atoms. The highest BCUT2D eigenvalue weighted by atomic mass is 16.5. The number of rotatable bonds is 2. The summed E-state index contributed by atoms with van der Waals surface area (Å²) in [6.45, 7) is 6.67. The zero-order valence-corrected chi connectivity index (χ0v) is 14.6. The Morgan fingerprint density at radius 1 is 0.833 bits per heavy atom. The minimum Gasteiger partial charge on any atom is -0.465 e. The molecule has 0 unspecified atom stereocenters. The van der Waals surface area contributed by atoms with E-state index in [4.69, 9.17) is 4.74 Å². The van der Waals surface area contributed by atoms with Gasteiger partial charge in [-0.25, -0.2) is 4.79 Å². The SMILES string of the molecule is COC(=O)c1ccc2cc(-c3cccc(C(C)(C)C)c3)ccc2c1. The van der Waals surface area contributed by atoms with Crippen molar-refractivity contribution in [1.29, 1.82) is 0 Å². The molecule has 0 saturated carbocycles. The lowest BCUT2D eigenvalue weighted by atomic mass is 9.85. The summed E-state index contributed by atoms with van der Waals surface area (Å²) < 4.78 is 4.78. The maximum absolute atomic E-state index is 11.7. The summed E-state index contributed by atoms with van der Waals surface area (Å²) >= 11 is 0. The van der Waals surface area contributed by atoms with E-state index in [9.17, 15) is 4.79 Å². The molecule has 2 nitrogen and oxygen atoms in total. The standard InChI is InChI=1S/C22H22O2/c1-22(2,3)20-7-5-6-15(14-20)16-8-9-18-13-19(21(23)24-4)11-10-17(18)12-16/h5-14H,1-4H3. The van der Waals surface area contributed by atoms with Crippen LogP contribution in [0.5, 0.6) is 0 Å². The smallest absolute Gasteiger partial charge is 0.337 e. The third-order valence-corrected chi connectivity index (χ3v) is 4.32. The van der Waals surface area contributed by atoms with Crippen LogP contribution in [0.3, 0.4) is 0 Å². The van der Waals surface area contributed by atoms with Crippen molar-refractivity contribution in [3.05, 3.63) is 71.8 Å². The van der Waals surface area contributed by atoms with Crippen LogP contribution in [-0.4, -0.2) is 13.1 Å². The molecule has 0 radical (unpaired) electrons. The van der Waals surface area contributed by atoms with E-state index in [1.807, 2.05) is 18.2 Å². The van der Waals surface area contributed by atoms with Crippen molar-refractivity contribution in [3.63, 3.8) is 0 Å². The van der Waals surface area contributed by atoms with Crippen molar-refractivity contribution in [3.8, 4) is 11.1 Å². The zero-order valence-electron chi connectivity index (χ0n) is 14.6. The monoisotopic (exact) mass is 318 g/mol. The highest BCUT2D eigenvalue weighted by molar-refractivity contribution is 5.96. The van der Waals surface area contributed by atoms with Gasteiger partial charge in [-0.15, -0.1) is 0 Å². The first kappa shape index (κ1) is 16.3. The number of hydrogen-bond donors (Lipinski definition) is 0. The first-order valence-electron chi connectivity index (χ1n) is 8.11. The summed E-state index contributed by atoms with van der Waals surface area (Å²) in [4.78, 5) is 11.7. The lowest BCUT2D eigenvalue weighted by molar-refractivity contribution is 0.0601. The van der Waals surface area contributed by atoms with Gasteiger partial charge in [-0.2, -0.15) is 0 Å². The Morgan fingerprint density at radius 2 is 1.50 bits per heavy atom. The van der Waals surface area contributed by atoms with Crippen molar-refractivity contribution >= 4 is 16.7 Å². The summed E-state index contributed by atoms with van der Waals surface area (Å²) in [6.07, 6.45) is 0. The van der Waals surface area contributed by atoms with Gasteiger partial charge in [0.2, 0.25) is 0 Å². The van der Waals surface area contributed by atoms with Gasteiger partial charge in [-0.1, -0.05) is 63.2 Å². The predicted molar refractivity (Wildman–Crippen MR) is 99.4 cm³/mol. The lowest BCUT2D eigenvalue weighted by Crippen LogP contribution is -2.10. The summed E-state index contributed by atoms with van der Waals surface area (Å²) in [6, 6.07) is 20.7. The number of carbonyl (C=O) groups excluding carboxylic acids is 1. The molecule has 2 heteroatoms. The second-order valence-corrected chi connectivity index (χ2v) is 7.10. The number of hydrogen-bond acceptors (Lipinski definition) is 2. The molecule has 24 heavy (non-hydrogen) atoms. The maximum Gasteiger partial charge on any atom is 0.337 e. The van der Waals surface area contributed by atoms with Crippen LogP contribution < -0.4 is 0 Å². The van der Waals surface area contributed by atoms with Crippen LogP contribution in [0.4, 0.5) is 0 Å². The second kappa shape index (κ2) is 6.12. The molecule has 0 aliphatic rings. The fraction of sp³-hybridized carbons (Fsp3) is 0.227. The van der Waals surface area contributed by atoms with Gasteiger partial charge in [-0.05, 0) is 51.1 Å². The van der Waals surface area contributed by atoms with Gasteiger partial charge < -0.3 is 4.74 Å². The van der Waals surface area contributed by atoms with Crippen molar-refractivity contribution in [2.24, 2.45) is 0 Å². The van der Waals surface area contributed by atoms with Gasteiger partial charge >= 0.3 is 5.97 Å². The van der Waals surface area contributed by atoms with Gasteiger partial charge in [0, 0.05) is 0 Å².